The molecule has 7 nitrogen and oxygen atoms in total. The first-order valence-corrected chi connectivity index (χ1v) is 9.47. The van der Waals surface area contributed by atoms with Gasteiger partial charge in [0, 0.05) is 17.0 Å². The van der Waals surface area contributed by atoms with Crippen molar-refractivity contribution in [2.45, 2.75) is 26.7 Å². The van der Waals surface area contributed by atoms with Crippen LogP contribution in [0.1, 0.15) is 32.3 Å². The number of esters is 1. The number of aromatic nitrogens is 1. The number of nitrogens with zero attached hydrogens (tertiary/aromatic N) is 2. The lowest BCUT2D eigenvalue weighted by atomic mass is 9.83. The van der Waals surface area contributed by atoms with Crippen LogP contribution in [-0.4, -0.2) is 24.2 Å². The van der Waals surface area contributed by atoms with E-state index in [2.05, 4.69) is 4.98 Å². The van der Waals surface area contributed by atoms with Crippen molar-refractivity contribution in [3.8, 4) is 11.8 Å². The zero-order valence-electron chi connectivity index (χ0n) is 16.3. The van der Waals surface area contributed by atoms with Gasteiger partial charge in [-0.25, -0.2) is 9.78 Å². The smallest absolute Gasteiger partial charge is 0.338 e. The van der Waals surface area contributed by atoms with Crippen LogP contribution in [0.3, 0.4) is 0 Å². The first-order chi connectivity index (χ1) is 13.9. The van der Waals surface area contributed by atoms with Crippen molar-refractivity contribution in [3.05, 3.63) is 57.8 Å². The largest absolute Gasteiger partial charge is 0.494 e. The number of allylic oxidation sites excluding steroid dienone is 2. The fraction of sp³-hybridized carbons (Fsp3) is 0.286. The summed E-state index contributed by atoms with van der Waals surface area (Å²) in [6, 6.07) is 9.25. The second-order valence-corrected chi connectivity index (χ2v) is 6.63. The molecule has 0 amide bonds. The predicted molar refractivity (Wildman–Crippen MR) is 108 cm³/mol. The molecule has 0 saturated heterocycles. The van der Waals surface area contributed by atoms with Crippen LogP contribution in [0.5, 0.6) is 5.75 Å². The average molecular weight is 414 g/mol. The number of ether oxygens (including phenoxy) is 3. The van der Waals surface area contributed by atoms with Gasteiger partial charge in [-0.3, -0.25) is 0 Å². The summed E-state index contributed by atoms with van der Waals surface area (Å²) in [5.41, 5.74) is 7.27. The highest BCUT2D eigenvalue weighted by Crippen LogP contribution is 2.42. The number of hydrogen-bond donors (Lipinski definition) is 1. The molecular formula is C21H20ClN3O4. The lowest BCUT2D eigenvalue weighted by Crippen LogP contribution is -2.25. The summed E-state index contributed by atoms with van der Waals surface area (Å²) in [6.45, 7) is 5.89. The van der Waals surface area contributed by atoms with E-state index in [1.54, 1.807) is 26.0 Å². The summed E-state index contributed by atoms with van der Waals surface area (Å²) >= 11 is 6.49. The van der Waals surface area contributed by atoms with Crippen molar-refractivity contribution in [2.75, 3.05) is 13.2 Å². The minimum Gasteiger partial charge on any atom is -0.494 e. The lowest BCUT2D eigenvalue weighted by Gasteiger charge is -2.27. The molecule has 0 bridgehead atoms. The summed E-state index contributed by atoms with van der Waals surface area (Å²) in [7, 11) is 0. The Bertz CT molecular complexity index is 1090. The summed E-state index contributed by atoms with van der Waals surface area (Å²) < 4.78 is 16.1. The highest BCUT2D eigenvalue weighted by atomic mass is 35.5. The van der Waals surface area contributed by atoms with E-state index >= 15 is 0 Å². The molecule has 0 radical (unpaired) electrons. The fourth-order valence-corrected chi connectivity index (χ4v) is 3.52. The molecular weight excluding hydrogens is 394 g/mol. The third kappa shape index (κ3) is 3.84. The van der Waals surface area contributed by atoms with Gasteiger partial charge in [0.1, 0.15) is 28.3 Å². The first-order valence-electron chi connectivity index (χ1n) is 9.09. The number of carbonyl (C=O) groups excluding carboxylic acids is 1. The Balaban J connectivity index is 2.20. The number of pyridine rings is 1. The van der Waals surface area contributed by atoms with Gasteiger partial charge in [0.15, 0.2) is 0 Å². The Labute approximate surface area is 173 Å². The Hall–Kier alpha value is -3.24. The summed E-state index contributed by atoms with van der Waals surface area (Å²) in [5, 5.41) is 10.6. The summed E-state index contributed by atoms with van der Waals surface area (Å²) in [5.74, 6) is -0.590. The second-order valence-electron chi connectivity index (χ2n) is 6.27. The number of fused-ring (bicyclic) bond motifs is 1. The first kappa shape index (κ1) is 20.5. The molecule has 1 atom stereocenters. The molecule has 1 aromatic heterocycles. The van der Waals surface area contributed by atoms with Gasteiger partial charge in [0.05, 0.1) is 30.2 Å². The number of halogens is 1. The highest BCUT2D eigenvalue weighted by Gasteiger charge is 2.37. The van der Waals surface area contributed by atoms with Crippen LogP contribution in [0.25, 0.3) is 10.9 Å². The van der Waals surface area contributed by atoms with Gasteiger partial charge in [0.25, 0.3) is 0 Å². The molecule has 150 valence electrons. The minimum atomic E-state index is -0.844. The van der Waals surface area contributed by atoms with E-state index < -0.39 is 11.9 Å². The van der Waals surface area contributed by atoms with Gasteiger partial charge in [-0.15, -0.1) is 0 Å². The second kappa shape index (κ2) is 8.41. The van der Waals surface area contributed by atoms with E-state index in [9.17, 15) is 10.1 Å². The van der Waals surface area contributed by atoms with Crippen molar-refractivity contribution >= 4 is 28.5 Å². The highest BCUT2D eigenvalue weighted by molar-refractivity contribution is 6.30. The van der Waals surface area contributed by atoms with Gasteiger partial charge >= 0.3 is 5.97 Å². The Kier molecular flexibility index (Phi) is 5.95. The number of hydrogen-bond acceptors (Lipinski definition) is 7. The zero-order chi connectivity index (χ0) is 21.1. The van der Waals surface area contributed by atoms with Crippen LogP contribution < -0.4 is 10.5 Å². The Morgan fingerprint density at radius 1 is 1.34 bits per heavy atom. The molecule has 0 aliphatic carbocycles. The number of nitriles is 1. The summed E-state index contributed by atoms with van der Waals surface area (Å²) in [6.07, 6.45) is 0. The normalized spacial score (nSPS) is 16.4. The van der Waals surface area contributed by atoms with Crippen LogP contribution in [0.2, 0.25) is 5.15 Å². The molecule has 0 unspecified atom stereocenters. The minimum absolute atomic E-state index is 0.0765. The molecule has 1 aromatic carbocycles. The monoisotopic (exact) mass is 413 g/mol. The lowest BCUT2D eigenvalue weighted by molar-refractivity contribution is -0.139. The maximum atomic E-state index is 12.6. The van der Waals surface area contributed by atoms with Crippen molar-refractivity contribution in [1.82, 2.24) is 4.98 Å². The molecule has 8 heteroatoms. The molecule has 0 spiro atoms. The standard InChI is InChI=1S/C21H20ClN3O4/c1-4-27-13-7-6-12-8-14(19(22)25-16(12)9-13)18-15(10-23)20(24)29-11(3)17(18)21(26)28-5-2/h6-9,18H,4-5,24H2,1-3H3/t18-/m0/s1. The van der Waals surface area contributed by atoms with Crippen LogP contribution in [0, 0.1) is 11.3 Å². The van der Waals surface area contributed by atoms with E-state index in [1.807, 2.05) is 25.1 Å². The Morgan fingerprint density at radius 3 is 2.76 bits per heavy atom. The molecule has 3 rings (SSSR count). The Morgan fingerprint density at radius 2 is 2.10 bits per heavy atom. The van der Waals surface area contributed by atoms with Crippen LogP contribution >= 0.6 is 11.6 Å². The van der Waals surface area contributed by atoms with Crippen molar-refractivity contribution < 1.29 is 19.0 Å². The van der Waals surface area contributed by atoms with E-state index in [-0.39, 0.29) is 34.5 Å². The van der Waals surface area contributed by atoms with E-state index in [4.69, 9.17) is 31.5 Å². The fourth-order valence-electron chi connectivity index (χ4n) is 3.26. The van der Waals surface area contributed by atoms with Gasteiger partial charge < -0.3 is 19.9 Å². The maximum absolute atomic E-state index is 12.6. The maximum Gasteiger partial charge on any atom is 0.338 e. The predicted octanol–water partition coefficient (Wildman–Crippen LogP) is 3.93. The topological polar surface area (TPSA) is 107 Å². The van der Waals surface area contributed by atoms with Gasteiger partial charge in [-0.05, 0) is 39.0 Å². The molecule has 0 fully saturated rings. The molecule has 2 N–H and O–H groups in total. The van der Waals surface area contributed by atoms with Gasteiger partial charge in [-0.2, -0.15) is 5.26 Å². The molecule has 2 heterocycles. The molecule has 1 aliphatic heterocycles. The van der Waals surface area contributed by atoms with Crippen LogP contribution in [-0.2, 0) is 14.3 Å². The number of carbonyl (C=O) groups is 1. The average Bonchev–Trinajstić information content (AvgIpc) is 2.67. The van der Waals surface area contributed by atoms with Gasteiger partial charge in [0.2, 0.25) is 5.88 Å². The van der Waals surface area contributed by atoms with Crippen LogP contribution in [0.15, 0.2) is 47.1 Å². The van der Waals surface area contributed by atoms with E-state index in [0.29, 0.717) is 23.4 Å². The number of benzene rings is 1. The number of rotatable bonds is 5. The third-order valence-corrected chi connectivity index (χ3v) is 4.80. The van der Waals surface area contributed by atoms with Crippen molar-refractivity contribution in [1.29, 1.82) is 5.26 Å². The SMILES string of the molecule is CCOC(=O)C1=C(C)OC(N)=C(C#N)[C@@H]1c1cc2ccc(OCC)cc2nc1Cl. The van der Waals surface area contributed by atoms with Crippen LogP contribution in [0.4, 0.5) is 0 Å². The molecule has 0 saturated carbocycles. The third-order valence-electron chi connectivity index (χ3n) is 4.49. The zero-order valence-corrected chi connectivity index (χ0v) is 17.0. The van der Waals surface area contributed by atoms with E-state index in [0.717, 1.165) is 5.39 Å². The molecule has 2 aromatic rings. The molecule has 29 heavy (non-hydrogen) atoms. The number of nitrogens with two attached hydrogens (primary N) is 1. The van der Waals surface area contributed by atoms with Crippen molar-refractivity contribution in [3.63, 3.8) is 0 Å². The van der Waals surface area contributed by atoms with Crippen molar-refractivity contribution in [2.24, 2.45) is 5.73 Å². The van der Waals surface area contributed by atoms with Gasteiger partial charge in [-0.1, -0.05) is 11.6 Å². The molecule has 1 aliphatic rings. The van der Waals surface area contributed by atoms with E-state index in [1.165, 1.54) is 0 Å². The quantitative estimate of drug-likeness (QED) is 0.584. The summed E-state index contributed by atoms with van der Waals surface area (Å²) in [4.78, 5) is 17.1.